The number of nitrogens with zero attached hydrogens (tertiary/aromatic N) is 3. The number of β-amino-alcohol motifs (C(OH)–C–C–N with tert-alkyl or cyclic N) is 1. The van der Waals surface area contributed by atoms with Crippen molar-refractivity contribution in [1.29, 1.82) is 0 Å². The first-order valence-electron chi connectivity index (χ1n) is 13.0. The minimum atomic E-state index is -0.0714. The maximum absolute atomic E-state index is 13.3. The molecule has 2 N–H and O–H groups in total. The average Bonchev–Trinajstić information content (AvgIpc) is 3.26. The van der Waals surface area contributed by atoms with Gasteiger partial charge in [-0.05, 0) is 49.1 Å². The highest BCUT2D eigenvalue weighted by Gasteiger charge is 2.43. The molecule has 2 saturated heterocycles. The first-order valence-corrected chi connectivity index (χ1v) is 13.0. The number of urea groups is 1. The molecule has 5 rings (SSSR count). The number of aryl methyl sites for hydroxylation is 1. The molecule has 1 spiro atoms. The quantitative estimate of drug-likeness (QED) is 0.670. The molecule has 3 aliphatic rings. The number of aliphatic hydroxyl groups excluding tert-OH is 1. The van der Waals surface area contributed by atoms with E-state index < -0.39 is 0 Å². The molecular formula is C28H36N4O4. The lowest BCUT2D eigenvalue weighted by atomic mass is 9.74. The standard InChI is InChI=1S/C28H36N4O4/c1-21-18-22(6-7-23(21)19-29-27(35)32-14-12-30(13-15-32)16-17-33)26(34)31-10-8-28(9-11-31)20-36-25-5-3-2-4-24(25)28/h2-7,18,33H,8-17,19-20H2,1H3,(H,29,35). The van der Waals surface area contributed by atoms with Crippen molar-refractivity contribution in [3.05, 3.63) is 64.7 Å². The second kappa shape index (κ2) is 10.5. The van der Waals surface area contributed by atoms with E-state index in [1.165, 1.54) is 5.56 Å². The molecule has 0 bridgehead atoms. The highest BCUT2D eigenvalue weighted by Crippen LogP contribution is 2.45. The van der Waals surface area contributed by atoms with Gasteiger partial charge in [-0.2, -0.15) is 0 Å². The van der Waals surface area contributed by atoms with Gasteiger partial charge in [0.1, 0.15) is 5.75 Å². The summed E-state index contributed by atoms with van der Waals surface area (Å²) in [6, 6.07) is 14.0. The number of likely N-dealkylation sites (tertiary alicyclic amines) is 1. The van der Waals surface area contributed by atoms with E-state index in [0.717, 1.165) is 55.9 Å². The highest BCUT2D eigenvalue weighted by molar-refractivity contribution is 5.94. The second-order valence-electron chi connectivity index (χ2n) is 10.2. The van der Waals surface area contributed by atoms with E-state index in [2.05, 4.69) is 22.3 Å². The fourth-order valence-electron chi connectivity index (χ4n) is 5.68. The molecule has 0 unspecified atom stereocenters. The molecule has 8 nitrogen and oxygen atoms in total. The van der Waals surface area contributed by atoms with Crippen LogP contribution < -0.4 is 10.1 Å². The Hall–Kier alpha value is -3.10. The third-order valence-electron chi connectivity index (χ3n) is 8.07. The topological polar surface area (TPSA) is 85.4 Å². The number of fused-ring (bicyclic) bond motifs is 2. The van der Waals surface area contributed by atoms with E-state index in [1.54, 1.807) is 0 Å². The molecule has 2 aromatic rings. The largest absolute Gasteiger partial charge is 0.492 e. The molecule has 2 fully saturated rings. The van der Waals surface area contributed by atoms with E-state index in [9.17, 15) is 9.59 Å². The molecule has 36 heavy (non-hydrogen) atoms. The van der Waals surface area contributed by atoms with Gasteiger partial charge in [-0.15, -0.1) is 0 Å². The van der Waals surface area contributed by atoms with Crippen molar-refractivity contribution in [1.82, 2.24) is 20.0 Å². The van der Waals surface area contributed by atoms with Crippen LogP contribution in [0.5, 0.6) is 5.75 Å². The maximum Gasteiger partial charge on any atom is 0.317 e. The average molecular weight is 493 g/mol. The van der Waals surface area contributed by atoms with E-state index in [4.69, 9.17) is 9.84 Å². The lowest BCUT2D eigenvalue weighted by Gasteiger charge is -2.38. The van der Waals surface area contributed by atoms with Crippen LogP contribution in [0.3, 0.4) is 0 Å². The van der Waals surface area contributed by atoms with Crippen molar-refractivity contribution in [2.45, 2.75) is 31.7 Å². The van der Waals surface area contributed by atoms with E-state index in [1.807, 2.05) is 47.1 Å². The number of carbonyl (C=O) groups is 2. The number of amides is 3. The number of ether oxygens (including phenoxy) is 1. The van der Waals surface area contributed by atoms with Gasteiger partial charge in [0, 0.05) is 68.9 Å². The summed E-state index contributed by atoms with van der Waals surface area (Å²) in [5, 5.41) is 12.1. The van der Waals surface area contributed by atoms with Gasteiger partial charge in [0.25, 0.3) is 5.91 Å². The molecule has 3 amide bonds. The van der Waals surface area contributed by atoms with Crippen molar-refractivity contribution < 1.29 is 19.4 Å². The Labute approximate surface area is 212 Å². The number of aliphatic hydroxyl groups is 1. The molecule has 0 aromatic heterocycles. The number of carbonyl (C=O) groups excluding carboxylic acids is 2. The summed E-state index contributed by atoms with van der Waals surface area (Å²) < 4.78 is 5.95. The summed E-state index contributed by atoms with van der Waals surface area (Å²) in [4.78, 5) is 31.8. The maximum atomic E-state index is 13.3. The predicted octanol–water partition coefficient (Wildman–Crippen LogP) is 2.38. The number of nitrogens with one attached hydrogen (secondary N) is 1. The Kier molecular flexibility index (Phi) is 7.16. The fourth-order valence-corrected chi connectivity index (χ4v) is 5.68. The SMILES string of the molecule is Cc1cc(C(=O)N2CCC3(CC2)COc2ccccc23)ccc1CNC(=O)N1CCN(CCO)CC1. The predicted molar refractivity (Wildman–Crippen MR) is 137 cm³/mol. The third-order valence-corrected chi connectivity index (χ3v) is 8.07. The zero-order valence-corrected chi connectivity index (χ0v) is 21.0. The first-order chi connectivity index (χ1) is 17.5. The Morgan fingerprint density at radius 1 is 1.00 bits per heavy atom. The van der Waals surface area contributed by atoms with Crippen molar-refractivity contribution in [2.75, 3.05) is 59.0 Å². The molecule has 0 saturated carbocycles. The third kappa shape index (κ3) is 4.92. The number of rotatable bonds is 5. The Morgan fingerprint density at radius 3 is 2.47 bits per heavy atom. The first kappa shape index (κ1) is 24.6. The number of benzene rings is 2. The summed E-state index contributed by atoms with van der Waals surface area (Å²) >= 11 is 0. The monoisotopic (exact) mass is 492 g/mol. The minimum Gasteiger partial charge on any atom is -0.492 e. The van der Waals surface area contributed by atoms with Gasteiger partial charge in [0.2, 0.25) is 0 Å². The molecule has 2 aromatic carbocycles. The number of piperidine rings is 1. The van der Waals surface area contributed by atoms with Crippen LogP contribution in [-0.4, -0.2) is 90.8 Å². The molecule has 0 aliphatic carbocycles. The number of hydrogen-bond acceptors (Lipinski definition) is 5. The van der Waals surface area contributed by atoms with Crippen molar-refractivity contribution in [3.63, 3.8) is 0 Å². The molecule has 0 radical (unpaired) electrons. The minimum absolute atomic E-state index is 0.0246. The van der Waals surface area contributed by atoms with Gasteiger partial charge in [0.05, 0.1) is 13.2 Å². The Bertz CT molecular complexity index is 1100. The second-order valence-corrected chi connectivity index (χ2v) is 10.2. The lowest BCUT2D eigenvalue weighted by Crippen LogP contribution is -2.52. The normalized spacial score (nSPS) is 19.2. The molecule has 8 heteroatoms. The van der Waals surface area contributed by atoms with Crippen LogP contribution >= 0.6 is 0 Å². The van der Waals surface area contributed by atoms with Gasteiger partial charge in [-0.25, -0.2) is 4.79 Å². The van der Waals surface area contributed by atoms with Crippen molar-refractivity contribution >= 4 is 11.9 Å². The number of piperazine rings is 1. The van der Waals surface area contributed by atoms with Crippen LogP contribution in [0.1, 0.15) is 39.9 Å². The summed E-state index contributed by atoms with van der Waals surface area (Å²) in [6.07, 6.45) is 1.82. The summed E-state index contributed by atoms with van der Waals surface area (Å²) in [5.41, 5.74) is 4.02. The zero-order valence-electron chi connectivity index (χ0n) is 21.0. The van der Waals surface area contributed by atoms with Gasteiger partial charge >= 0.3 is 6.03 Å². The van der Waals surface area contributed by atoms with Gasteiger partial charge < -0.3 is 25.0 Å². The lowest BCUT2D eigenvalue weighted by molar-refractivity contribution is 0.0646. The Balaban J connectivity index is 1.14. The highest BCUT2D eigenvalue weighted by atomic mass is 16.5. The van der Waals surface area contributed by atoms with Crippen LogP contribution in [0, 0.1) is 6.92 Å². The van der Waals surface area contributed by atoms with E-state index >= 15 is 0 Å². The van der Waals surface area contributed by atoms with Crippen LogP contribution in [0.15, 0.2) is 42.5 Å². The summed E-state index contributed by atoms with van der Waals surface area (Å²) in [7, 11) is 0. The van der Waals surface area contributed by atoms with Gasteiger partial charge in [-0.1, -0.05) is 24.3 Å². The zero-order chi connectivity index (χ0) is 25.1. The van der Waals surface area contributed by atoms with Crippen LogP contribution in [0.25, 0.3) is 0 Å². The molecular weight excluding hydrogens is 456 g/mol. The van der Waals surface area contributed by atoms with Crippen LogP contribution in [0.2, 0.25) is 0 Å². The van der Waals surface area contributed by atoms with E-state index in [0.29, 0.717) is 38.3 Å². The molecule has 3 aliphatic heterocycles. The fraction of sp³-hybridized carbons (Fsp3) is 0.500. The summed E-state index contributed by atoms with van der Waals surface area (Å²) in [6.45, 7) is 8.24. The van der Waals surface area contributed by atoms with Crippen LogP contribution in [0.4, 0.5) is 4.79 Å². The number of hydrogen-bond donors (Lipinski definition) is 2. The summed E-state index contributed by atoms with van der Waals surface area (Å²) in [5.74, 6) is 1.05. The van der Waals surface area contributed by atoms with Gasteiger partial charge in [-0.3, -0.25) is 9.69 Å². The molecule has 192 valence electrons. The van der Waals surface area contributed by atoms with Crippen molar-refractivity contribution in [3.8, 4) is 5.75 Å². The smallest absolute Gasteiger partial charge is 0.317 e. The van der Waals surface area contributed by atoms with Crippen molar-refractivity contribution in [2.24, 2.45) is 0 Å². The molecule has 3 heterocycles. The van der Waals surface area contributed by atoms with E-state index in [-0.39, 0.29) is 24.0 Å². The van der Waals surface area contributed by atoms with Gasteiger partial charge in [0.15, 0.2) is 0 Å². The Morgan fingerprint density at radius 2 is 1.75 bits per heavy atom. The molecule has 0 atom stereocenters. The number of para-hydroxylation sites is 1. The van der Waals surface area contributed by atoms with Crippen LogP contribution in [-0.2, 0) is 12.0 Å².